The summed E-state index contributed by atoms with van der Waals surface area (Å²) in [5.41, 5.74) is 0. The lowest BCUT2D eigenvalue weighted by atomic mass is 10.1. The second kappa shape index (κ2) is 6.00. The van der Waals surface area contributed by atoms with Crippen LogP contribution in [0.1, 0.15) is 26.2 Å². The molecule has 1 fully saturated rings. The minimum atomic E-state index is -2.96. The number of amides is 1. The molecule has 16 heavy (non-hydrogen) atoms. The molecule has 1 aliphatic heterocycles. The molecular formula is C10H18BrNO3S. The maximum atomic E-state index is 11.6. The molecule has 0 radical (unpaired) electrons. The Kier molecular flexibility index (Phi) is 5.24. The first-order valence-electron chi connectivity index (χ1n) is 5.57. The van der Waals surface area contributed by atoms with E-state index in [2.05, 4.69) is 28.2 Å². The van der Waals surface area contributed by atoms with E-state index >= 15 is 0 Å². The fraction of sp³-hybridized carbons (Fsp3) is 0.900. The number of alkyl halides is 1. The topological polar surface area (TPSA) is 63.2 Å². The van der Waals surface area contributed by atoms with Gasteiger partial charge in [-0.3, -0.25) is 4.79 Å². The Balaban J connectivity index is 2.31. The van der Waals surface area contributed by atoms with Crippen LogP contribution in [0.4, 0.5) is 0 Å². The second-order valence-corrected chi connectivity index (χ2v) is 7.75. The van der Waals surface area contributed by atoms with Crippen LogP contribution in [0.2, 0.25) is 0 Å². The van der Waals surface area contributed by atoms with Gasteiger partial charge in [0.2, 0.25) is 5.91 Å². The molecule has 1 N–H and O–H groups in total. The molecule has 2 atom stereocenters. The summed E-state index contributed by atoms with van der Waals surface area (Å²) in [4.78, 5) is 11.9. The van der Waals surface area contributed by atoms with Crippen molar-refractivity contribution < 1.29 is 13.2 Å². The third-order valence-corrected chi connectivity index (χ3v) is 5.25. The molecule has 0 aromatic heterocycles. The summed E-state index contributed by atoms with van der Waals surface area (Å²) in [5.74, 6) is -0.301. The van der Waals surface area contributed by atoms with Gasteiger partial charge in [0.15, 0.2) is 9.84 Å². The molecule has 0 saturated carbocycles. The number of hydrogen-bond donors (Lipinski definition) is 1. The number of carbonyl (C=O) groups excluding carboxylic acids is 1. The van der Waals surface area contributed by atoms with E-state index in [0.717, 1.165) is 12.8 Å². The number of hydrogen-bond acceptors (Lipinski definition) is 3. The van der Waals surface area contributed by atoms with Crippen LogP contribution in [0.25, 0.3) is 0 Å². The van der Waals surface area contributed by atoms with Crippen LogP contribution >= 0.6 is 15.9 Å². The largest absolute Gasteiger partial charge is 0.355 e. The van der Waals surface area contributed by atoms with E-state index in [1.54, 1.807) is 0 Å². The lowest BCUT2D eigenvalue weighted by Gasteiger charge is -2.12. The van der Waals surface area contributed by atoms with Gasteiger partial charge in [0.05, 0.1) is 17.4 Å². The Morgan fingerprint density at radius 2 is 2.25 bits per heavy atom. The standard InChI is InChI=1S/C10H18BrNO3S/c1-2-3-9(11)6-12-10(13)8-4-5-16(14,15)7-8/h8-9H,2-7H2,1H3,(H,12,13). The van der Waals surface area contributed by atoms with Crippen molar-refractivity contribution in [3.63, 3.8) is 0 Å². The Bertz CT molecular complexity index is 342. The molecule has 1 saturated heterocycles. The third kappa shape index (κ3) is 4.41. The summed E-state index contributed by atoms with van der Waals surface area (Å²) in [5, 5.41) is 2.80. The Morgan fingerprint density at radius 3 is 2.75 bits per heavy atom. The molecule has 0 aromatic rings. The van der Waals surface area contributed by atoms with E-state index < -0.39 is 9.84 Å². The van der Waals surface area contributed by atoms with Crippen LogP contribution in [-0.4, -0.2) is 37.2 Å². The summed E-state index contributed by atoms with van der Waals surface area (Å²) < 4.78 is 22.4. The van der Waals surface area contributed by atoms with E-state index in [1.165, 1.54) is 0 Å². The molecule has 0 spiro atoms. The highest BCUT2D eigenvalue weighted by Gasteiger charge is 2.32. The highest BCUT2D eigenvalue weighted by Crippen LogP contribution is 2.18. The third-order valence-electron chi connectivity index (χ3n) is 2.70. The lowest BCUT2D eigenvalue weighted by Crippen LogP contribution is -2.35. The number of halogens is 1. The van der Waals surface area contributed by atoms with Crippen molar-refractivity contribution >= 4 is 31.7 Å². The fourth-order valence-electron chi connectivity index (χ4n) is 1.77. The summed E-state index contributed by atoms with van der Waals surface area (Å²) in [6, 6.07) is 0. The average molecular weight is 312 g/mol. The molecular weight excluding hydrogens is 294 g/mol. The summed E-state index contributed by atoms with van der Waals surface area (Å²) >= 11 is 3.46. The molecule has 1 amide bonds. The van der Waals surface area contributed by atoms with Crippen molar-refractivity contribution in [3.8, 4) is 0 Å². The molecule has 1 rings (SSSR count). The lowest BCUT2D eigenvalue weighted by molar-refractivity contribution is -0.124. The highest BCUT2D eigenvalue weighted by atomic mass is 79.9. The first-order valence-corrected chi connectivity index (χ1v) is 8.30. The van der Waals surface area contributed by atoms with Crippen molar-refractivity contribution in [2.75, 3.05) is 18.1 Å². The predicted molar refractivity (Wildman–Crippen MR) is 67.4 cm³/mol. The molecule has 4 nitrogen and oxygen atoms in total. The maximum Gasteiger partial charge on any atom is 0.224 e. The normalized spacial score (nSPS) is 25.2. The molecule has 1 aliphatic rings. The van der Waals surface area contributed by atoms with Gasteiger partial charge in [0, 0.05) is 11.4 Å². The molecule has 1 heterocycles. The summed E-state index contributed by atoms with van der Waals surface area (Å²) in [6.45, 7) is 2.66. The predicted octanol–water partition coefficient (Wildman–Crippen LogP) is 1.10. The quantitative estimate of drug-likeness (QED) is 0.773. The van der Waals surface area contributed by atoms with Gasteiger partial charge in [-0.25, -0.2) is 8.42 Å². The summed E-state index contributed by atoms with van der Waals surface area (Å²) in [6.07, 6.45) is 2.53. The van der Waals surface area contributed by atoms with Crippen LogP contribution in [0.5, 0.6) is 0 Å². The van der Waals surface area contributed by atoms with E-state index in [1.807, 2.05) is 0 Å². The minimum Gasteiger partial charge on any atom is -0.355 e. The van der Waals surface area contributed by atoms with Crippen LogP contribution in [-0.2, 0) is 14.6 Å². The zero-order valence-electron chi connectivity index (χ0n) is 9.41. The maximum absolute atomic E-state index is 11.6. The van der Waals surface area contributed by atoms with Crippen LogP contribution in [0, 0.1) is 5.92 Å². The fourth-order valence-corrected chi connectivity index (χ4v) is 4.13. The first-order chi connectivity index (χ1) is 7.44. The summed E-state index contributed by atoms with van der Waals surface area (Å²) in [7, 11) is -2.96. The van der Waals surface area contributed by atoms with Crippen LogP contribution in [0.3, 0.4) is 0 Å². The average Bonchev–Trinajstić information content (AvgIpc) is 2.56. The zero-order valence-corrected chi connectivity index (χ0v) is 11.8. The van der Waals surface area contributed by atoms with E-state index in [-0.39, 0.29) is 28.2 Å². The molecule has 0 bridgehead atoms. The Labute approximate surface area is 105 Å². The number of carbonyl (C=O) groups is 1. The Morgan fingerprint density at radius 1 is 1.56 bits per heavy atom. The van der Waals surface area contributed by atoms with Crippen molar-refractivity contribution in [3.05, 3.63) is 0 Å². The Hall–Kier alpha value is -0.100. The monoisotopic (exact) mass is 311 g/mol. The highest BCUT2D eigenvalue weighted by molar-refractivity contribution is 9.09. The van der Waals surface area contributed by atoms with E-state index in [4.69, 9.17) is 0 Å². The number of rotatable bonds is 5. The molecule has 0 aromatic carbocycles. The number of sulfone groups is 1. The molecule has 2 unspecified atom stereocenters. The van der Waals surface area contributed by atoms with Gasteiger partial charge in [-0.05, 0) is 12.8 Å². The van der Waals surface area contributed by atoms with Gasteiger partial charge in [0.1, 0.15) is 0 Å². The van der Waals surface area contributed by atoms with Gasteiger partial charge < -0.3 is 5.32 Å². The second-order valence-electron chi connectivity index (χ2n) is 4.23. The first kappa shape index (κ1) is 14.0. The van der Waals surface area contributed by atoms with Gasteiger partial charge >= 0.3 is 0 Å². The van der Waals surface area contributed by atoms with Crippen molar-refractivity contribution in [2.24, 2.45) is 5.92 Å². The minimum absolute atomic E-state index is 0.0135. The zero-order chi connectivity index (χ0) is 12.2. The van der Waals surface area contributed by atoms with Crippen molar-refractivity contribution in [1.82, 2.24) is 5.32 Å². The smallest absolute Gasteiger partial charge is 0.224 e. The van der Waals surface area contributed by atoms with Gasteiger partial charge in [-0.15, -0.1) is 0 Å². The van der Waals surface area contributed by atoms with Gasteiger partial charge in [-0.2, -0.15) is 0 Å². The molecule has 6 heteroatoms. The van der Waals surface area contributed by atoms with E-state index in [0.29, 0.717) is 13.0 Å². The molecule has 0 aliphatic carbocycles. The van der Waals surface area contributed by atoms with Crippen LogP contribution < -0.4 is 5.32 Å². The molecule has 94 valence electrons. The SMILES string of the molecule is CCCC(Br)CNC(=O)C1CCS(=O)(=O)C1. The van der Waals surface area contributed by atoms with Crippen molar-refractivity contribution in [2.45, 2.75) is 31.0 Å². The van der Waals surface area contributed by atoms with Gasteiger partial charge in [0.25, 0.3) is 0 Å². The van der Waals surface area contributed by atoms with Crippen LogP contribution in [0.15, 0.2) is 0 Å². The van der Waals surface area contributed by atoms with Crippen molar-refractivity contribution in [1.29, 1.82) is 0 Å². The van der Waals surface area contributed by atoms with E-state index in [9.17, 15) is 13.2 Å². The number of nitrogens with one attached hydrogen (secondary N) is 1. The van der Waals surface area contributed by atoms with Gasteiger partial charge in [-0.1, -0.05) is 29.3 Å².